The molecule has 0 radical (unpaired) electrons. The Bertz CT molecular complexity index is 453. The molecular formula is C12H9ClFN. The number of benzene rings is 1. The molecule has 1 aromatic carbocycles. The third-order valence-corrected chi connectivity index (χ3v) is 2.33. The first kappa shape index (κ1) is 10.1. The van der Waals surface area contributed by atoms with Crippen LogP contribution in [-0.4, -0.2) is 4.98 Å². The van der Waals surface area contributed by atoms with Crippen molar-refractivity contribution in [1.29, 1.82) is 0 Å². The van der Waals surface area contributed by atoms with E-state index in [1.54, 1.807) is 6.20 Å². The van der Waals surface area contributed by atoms with Gasteiger partial charge < -0.3 is 0 Å². The molecular weight excluding hydrogens is 213 g/mol. The zero-order valence-corrected chi connectivity index (χ0v) is 8.71. The van der Waals surface area contributed by atoms with E-state index in [0.29, 0.717) is 11.4 Å². The molecule has 0 fully saturated rings. The van der Waals surface area contributed by atoms with Crippen molar-refractivity contribution in [2.45, 2.75) is 6.42 Å². The zero-order chi connectivity index (χ0) is 10.7. The van der Waals surface area contributed by atoms with Crippen LogP contribution in [0.4, 0.5) is 4.39 Å². The fraction of sp³-hybridized carbons (Fsp3) is 0.0833. The SMILES string of the molecule is Fc1cncc(Cc2ccc(Cl)cc2)c1. The van der Waals surface area contributed by atoms with Gasteiger partial charge in [0.05, 0.1) is 6.20 Å². The van der Waals surface area contributed by atoms with Gasteiger partial charge in [-0.3, -0.25) is 4.98 Å². The number of nitrogens with zero attached hydrogens (tertiary/aromatic N) is 1. The predicted octanol–water partition coefficient (Wildman–Crippen LogP) is 3.46. The fourth-order valence-corrected chi connectivity index (χ4v) is 1.52. The van der Waals surface area contributed by atoms with Crippen LogP contribution in [0, 0.1) is 5.82 Å². The van der Waals surface area contributed by atoms with Crippen molar-refractivity contribution in [1.82, 2.24) is 4.98 Å². The van der Waals surface area contributed by atoms with Crippen molar-refractivity contribution in [2.75, 3.05) is 0 Å². The molecule has 0 saturated carbocycles. The number of aromatic nitrogens is 1. The lowest BCUT2D eigenvalue weighted by atomic mass is 10.1. The lowest BCUT2D eigenvalue weighted by Crippen LogP contribution is -1.90. The Morgan fingerprint density at radius 2 is 1.80 bits per heavy atom. The van der Waals surface area contributed by atoms with Gasteiger partial charge in [0, 0.05) is 11.2 Å². The highest BCUT2D eigenvalue weighted by atomic mass is 35.5. The van der Waals surface area contributed by atoms with E-state index in [4.69, 9.17) is 11.6 Å². The van der Waals surface area contributed by atoms with Crippen molar-refractivity contribution in [3.05, 3.63) is 64.7 Å². The minimum absolute atomic E-state index is 0.304. The van der Waals surface area contributed by atoms with Gasteiger partial charge >= 0.3 is 0 Å². The summed E-state index contributed by atoms with van der Waals surface area (Å²) in [6, 6.07) is 8.98. The van der Waals surface area contributed by atoms with E-state index in [-0.39, 0.29) is 5.82 Å². The summed E-state index contributed by atoms with van der Waals surface area (Å²) < 4.78 is 12.9. The Morgan fingerprint density at radius 1 is 1.07 bits per heavy atom. The molecule has 0 bridgehead atoms. The number of rotatable bonds is 2. The van der Waals surface area contributed by atoms with Crippen LogP contribution < -0.4 is 0 Å². The van der Waals surface area contributed by atoms with Gasteiger partial charge in [-0.2, -0.15) is 0 Å². The highest BCUT2D eigenvalue weighted by Gasteiger charge is 1.98. The van der Waals surface area contributed by atoms with Crippen molar-refractivity contribution in [2.24, 2.45) is 0 Å². The van der Waals surface area contributed by atoms with Crippen molar-refractivity contribution >= 4 is 11.6 Å². The van der Waals surface area contributed by atoms with Crippen LogP contribution in [0.1, 0.15) is 11.1 Å². The molecule has 2 aromatic rings. The average molecular weight is 222 g/mol. The second-order valence-corrected chi connectivity index (χ2v) is 3.75. The van der Waals surface area contributed by atoms with Gasteiger partial charge in [0.25, 0.3) is 0 Å². The standard InChI is InChI=1S/C12H9ClFN/c13-11-3-1-9(2-4-11)5-10-6-12(14)8-15-7-10/h1-4,6-8H,5H2. The topological polar surface area (TPSA) is 12.9 Å². The second-order valence-electron chi connectivity index (χ2n) is 3.31. The average Bonchev–Trinajstić information content (AvgIpc) is 2.22. The lowest BCUT2D eigenvalue weighted by molar-refractivity contribution is 0.619. The Kier molecular flexibility index (Phi) is 2.97. The van der Waals surface area contributed by atoms with E-state index in [2.05, 4.69) is 4.98 Å². The van der Waals surface area contributed by atoms with Crippen molar-refractivity contribution < 1.29 is 4.39 Å². The summed E-state index contributed by atoms with van der Waals surface area (Å²) in [6.45, 7) is 0. The van der Waals surface area contributed by atoms with E-state index < -0.39 is 0 Å². The number of hydrogen-bond donors (Lipinski definition) is 0. The number of hydrogen-bond acceptors (Lipinski definition) is 1. The molecule has 0 N–H and O–H groups in total. The first-order chi connectivity index (χ1) is 7.24. The first-order valence-corrected chi connectivity index (χ1v) is 4.96. The van der Waals surface area contributed by atoms with E-state index in [1.807, 2.05) is 24.3 Å². The molecule has 0 aliphatic heterocycles. The summed E-state index contributed by atoms with van der Waals surface area (Å²) in [5, 5.41) is 0.705. The molecule has 0 aliphatic carbocycles. The van der Waals surface area contributed by atoms with Crippen LogP contribution in [0.2, 0.25) is 5.02 Å². The quantitative estimate of drug-likeness (QED) is 0.757. The van der Waals surface area contributed by atoms with Gasteiger partial charge in [-0.1, -0.05) is 23.7 Å². The van der Waals surface area contributed by atoms with Crippen LogP contribution in [0.25, 0.3) is 0 Å². The summed E-state index contributed by atoms with van der Waals surface area (Å²) in [4.78, 5) is 3.80. The van der Waals surface area contributed by atoms with Crippen LogP contribution in [0.3, 0.4) is 0 Å². The summed E-state index contributed by atoms with van der Waals surface area (Å²) in [7, 11) is 0. The Hall–Kier alpha value is -1.41. The zero-order valence-electron chi connectivity index (χ0n) is 7.95. The largest absolute Gasteiger partial charge is 0.261 e. The second kappa shape index (κ2) is 4.41. The van der Waals surface area contributed by atoms with Crippen LogP contribution in [-0.2, 0) is 6.42 Å². The van der Waals surface area contributed by atoms with Crippen molar-refractivity contribution in [3.8, 4) is 0 Å². The normalized spacial score (nSPS) is 10.3. The Balaban J connectivity index is 2.18. The minimum Gasteiger partial charge on any atom is -0.261 e. The van der Waals surface area contributed by atoms with Crippen LogP contribution >= 0.6 is 11.6 Å². The van der Waals surface area contributed by atoms with Crippen LogP contribution in [0.15, 0.2) is 42.7 Å². The maximum atomic E-state index is 12.9. The molecule has 1 aromatic heterocycles. The maximum absolute atomic E-state index is 12.9. The van der Waals surface area contributed by atoms with Crippen molar-refractivity contribution in [3.63, 3.8) is 0 Å². The molecule has 0 amide bonds. The summed E-state index contributed by atoms with van der Waals surface area (Å²) in [5.74, 6) is -0.304. The molecule has 0 unspecified atom stereocenters. The van der Waals surface area contributed by atoms with E-state index in [1.165, 1.54) is 12.3 Å². The van der Waals surface area contributed by atoms with Gasteiger partial charge in [0.1, 0.15) is 5.82 Å². The van der Waals surface area contributed by atoms with E-state index >= 15 is 0 Å². The van der Waals surface area contributed by atoms with Gasteiger partial charge in [-0.05, 0) is 35.7 Å². The first-order valence-electron chi connectivity index (χ1n) is 4.58. The number of pyridine rings is 1. The third kappa shape index (κ3) is 2.77. The molecule has 0 saturated heterocycles. The number of halogens is 2. The maximum Gasteiger partial charge on any atom is 0.141 e. The van der Waals surface area contributed by atoms with Gasteiger partial charge in [0.2, 0.25) is 0 Å². The highest BCUT2D eigenvalue weighted by molar-refractivity contribution is 6.30. The van der Waals surface area contributed by atoms with Gasteiger partial charge in [-0.25, -0.2) is 4.39 Å². The van der Waals surface area contributed by atoms with Gasteiger partial charge in [0.15, 0.2) is 0 Å². The minimum atomic E-state index is -0.304. The van der Waals surface area contributed by atoms with E-state index in [0.717, 1.165) is 11.1 Å². The molecule has 0 aliphatic rings. The van der Waals surface area contributed by atoms with Crippen LogP contribution in [0.5, 0.6) is 0 Å². The summed E-state index contributed by atoms with van der Waals surface area (Å²) in [6.07, 6.45) is 3.53. The Morgan fingerprint density at radius 3 is 2.47 bits per heavy atom. The smallest absolute Gasteiger partial charge is 0.141 e. The molecule has 0 spiro atoms. The molecule has 76 valence electrons. The van der Waals surface area contributed by atoms with E-state index in [9.17, 15) is 4.39 Å². The fourth-order valence-electron chi connectivity index (χ4n) is 1.39. The lowest BCUT2D eigenvalue weighted by Gasteiger charge is -2.01. The molecule has 1 heterocycles. The monoisotopic (exact) mass is 221 g/mol. The van der Waals surface area contributed by atoms with Gasteiger partial charge in [-0.15, -0.1) is 0 Å². The molecule has 3 heteroatoms. The molecule has 1 nitrogen and oxygen atoms in total. The molecule has 2 rings (SSSR count). The Labute approximate surface area is 92.5 Å². The molecule has 15 heavy (non-hydrogen) atoms. The third-order valence-electron chi connectivity index (χ3n) is 2.08. The molecule has 0 atom stereocenters. The highest BCUT2D eigenvalue weighted by Crippen LogP contribution is 2.13. The summed E-state index contributed by atoms with van der Waals surface area (Å²) >= 11 is 5.77. The summed E-state index contributed by atoms with van der Waals surface area (Å²) in [5.41, 5.74) is 1.95. The predicted molar refractivity (Wildman–Crippen MR) is 58.5 cm³/mol.